The number of aryl methyl sites for hydroxylation is 1. The van der Waals surface area contributed by atoms with Gasteiger partial charge in [0.15, 0.2) is 0 Å². The van der Waals surface area contributed by atoms with E-state index in [9.17, 15) is 9.59 Å². The predicted octanol–water partition coefficient (Wildman–Crippen LogP) is 5.60. The van der Waals surface area contributed by atoms with E-state index in [-0.39, 0.29) is 23.7 Å². The summed E-state index contributed by atoms with van der Waals surface area (Å²) in [5.74, 6) is 0.733. The molecule has 0 saturated carbocycles. The third-order valence-electron chi connectivity index (χ3n) is 6.91. The molecule has 2 aromatic carbocycles. The van der Waals surface area contributed by atoms with Gasteiger partial charge in [0.1, 0.15) is 11.4 Å². The van der Waals surface area contributed by atoms with Gasteiger partial charge in [-0.2, -0.15) is 0 Å². The van der Waals surface area contributed by atoms with Gasteiger partial charge < -0.3 is 15.0 Å². The van der Waals surface area contributed by atoms with Crippen molar-refractivity contribution in [3.8, 4) is 5.75 Å². The van der Waals surface area contributed by atoms with Crippen molar-refractivity contribution in [2.24, 2.45) is 0 Å². The van der Waals surface area contributed by atoms with Crippen LogP contribution in [-0.4, -0.2) is 36.0 Å². The van der Waals surface area contributed by atoms with Crippen molar-refractivity contribution < 1.29 is 14.3 Å². The van der Waals surface area contributed by atoms with Gasteiger partial charge in [-0.15, -0.1) is 0 Å². The van der Waals surface area contributed by atoms with Crippen molar-refractivity contribution in [2.45, 2.75) is 65.5 Å². The molecule has 6 nitrogen and oxygen atoms in total. The first-order valence-electron chi connectivity index (χ1n) is 12.0. The molecule has 4 rings (SSSR count). The summed E-state index contributed by atoms with van der Waals surface area (Å²) in [6.07, 6.45) is 3.84. The fourth-order valence-electron chi connectivity index (χ4n) is 5.21. The Morgan fingerprint density at radius 1 is 1.18 bits per heavy atom. The summed E-state index contributed by atoms with van der Waals surface area (Å²) in [6, 6.07) is 11.6. The van der Waals surface area contributed by atoms with Gasteiger partial charge in [0, 0.05) is 29.4 Å². The smallest absolute Gasteiger partial charge is 0.329 e. The van der Waals surface area contributed by atoms with Crippen molar-refractivity contribution in [1.82, 2.24) is 10.2 Å². The molecular weight excluding hydrogens is 426 g/mol. The average molecular weight is 462 g/mol. The minimum Gasteiger partial charge on any atom is -0.496 e. The lowest BCUT2D eigenvalue weighted by molar-refractivity contribution is -0.123. The number of nitrogens with one attached hydrogen (secondary N) is 1. The topological polar surface area (TPSA) is 61.9 Å². The van der Waals surface area contributed by atoms with Crippen LogP contribution in [0.1, 0.15) is 68.7 Å². The SMILES string of the molecule is CCCN1c2cc(OC)c(/C=C3/NC(=O)N(Cc4ccc(C)cc4)C3=O)cc2C(C)CC1(C)C. The van der Waals surface area contributed by atoms with Crippen LogP contribution in [0.2, 0.25) is 0 Å². The molecule has 0 bridgehead atoms. The largest absolute Gasteiger partial charge is 0.496 e. The molecule has 1 unspecified atom stereocenters. The first-order valence-corrected chi connectivity index (χ1v) is 12.0. The highest BCUT2D eigenvalue weighted by molar-refractivity contribution is 6.14. The summed E-state index contributed by atoms with van der Waals surface area (Å²) in [7, 11) is 1.64. The second-order valence-corrected chi connectivity index (χ2v) is 10.1. The Morgan fingerprint density at radius 3 is 2.53 bits per heavy atom. The van der Waals surface area contributed by atoms with Crippen LogP contribution in [0, 0.1) is 6.92 Å². The number of methoxy groups -OCH3 is 1. The van der Waals surface area contributed by atoms with E-state index < -0.39 is 6.03 Å². The number of imide groups is 1. The molecule has 2 aliphatic heterocycles. The average Bonchev–Trinajstić information content (AvgIpc) is 3.05. The van der Waals surface area contributed by atoms with Crippen molar-refractivity contribution in [3.63, 3.8) is 0 Å². The third-order valence-corrected chi connectivity index (χ3v) is 6.91. The highest BCUT2D eigenvalue weighted by atomic mass is 16.5. The molecule has 1 N–H and O–H groups in total. The molecule has 1 saturated heterocycles. The van der Waals surface area contributed by atoms with Gasteiger partial charge in [0.05, 0.1) is 13.7 Å². The molecule has 2 aliphatic rings. The Labute approximate surface area is 202 Å². The number of urea groups is 1. The van der Waals surface area contributed by atoms with Crippen LogP contribution >= 0.6 is 0 Å². The Morgan fingerprint density at radius 2 is 1.88 bits per heavy atom. The molecule has 3 amide bonds. The van der Waals surface area contributed by atoms with Gasteiger partial charge >= 0.3 is 6.03 Å². The molecule has 0 radical (unpaired) electrons. The minimum absolute atomic E-state index is 0.0549. The van der Waals surface area contributed by atoms with Gasteiger partial charge in [0.25, 0.3) is 5.91 Å². The van der Waals surface area contributed by atoms with Crippen LogP contribution in [0.15, 0.2) is 42.1 Å². The summed E-state index contributed by atoms with van der Waals surface area (Å²) in [5.41, 5.74) is 5.60. The summed E-state index contributed by atoms with van der Waals surface area (Å²) in [4.78, 5) is 29.4. The standard InChI is InChI=1S/C28H35N3O3/c1-7-12-31-24-15-25(34-6)21(13-22(24)19(3)16-28(31,4)5)14-23-26(32)30(27(33)29-23)17-20-10-8-18(2)9-11-20/h8-11,13-15,19H,7,12,16-17H2,1-6H3,(H,29,33)/b23-14+. The molecular formula is C28H35N3O3. The van der Waals surface area contributed by atoms with E-state index in [1.54, 1.807) is 13.2 Å². The zero-order valence-electron chi connectivity index (χ0n) is 21.1. The van der Waals surface area contributed by atoms with E-state index in [0.717, 1.165) is 36.1 Å². The van der Waals surface area contributed by atoms with Crippen LogP contribution in [0.4, 0.5) is 10.5 Å². The van der Waals surface area contributed by atoms with E-state index in [0.29, 0.717) is 11.7 Å². The molecule has 2 aromatic rings. The summed E-state index contributed by atoms with van der Waals surface area (Å²) < 4.78 is 5.74. The number of fused-ring (bicyclic) bond motifs is 1. The van der Waals surface area contributed by atoms with Crippen LogP contribution in [0.25, 0.3) is 6.08 Å². The Bertz CT molecular complexity index is 1130. The van der Waals surface area contributed by atoms with Crippen molar-refractivity contribution >= 4 is 23.7 Å². The number of carbonyl (C=O) groups excluding carboxylic acids is 2. The Hall–Kier alpha value is -3.28. The molecule has 6 heteroatoms. The predicted molar refractivity (Wildman–Crippen MR) is 136 cm³/mol. The number of nitrogens with zero attached hydrogens (tertiary/aromatic N) is 2. The molecule has 0 spiro atoms. The van der Waals surface area contributed by atoms with Crippen LogP contribution in [-0.2, 0) is 11.3 Å². The van der Waals surface area contributed by atoms with E-state index in [1.807, 2.05) is 31.2 Å². The lowest BCUT2D eigenvalue weighted by atomic mass is 9.79. The molecule has 0 aromatic heterocycles. The normalized spacial score (nSPS) is 20.5. The van der Waals surface area contributed by atoms with Gasteiger partial charge in [0.2, 0.25) is 0 Å². The fraction of sp³-hybridized carbons (Fsp3) is 0.429. The molecule has 34 heavy (non-hydrogen) atoms. The molecule has 0 aliphatic carbocycles. The summed E-state index contributed by atoms with van der Waals surface area (Å²) in [5, 5.41) is 2.75. The lowest BCUT2D eigenvalue weighted by Crippen LogP contribution is -2.48. The second kappa shape index (κ2) is 9.16. The number of ether oxygens (including phenoxy) is 1. The van der Waals surface area contributed by atoms with Crippen LogP contribution < -0.4 is 15.0 Å². The highest BCUT2D eigenvalue weighted by Gasteiger charge is 2.37. The maximum Gasteiger partial charge on any atom is 0.329 e. The van der Waals surface area contributed by atoms with Crippen molar-refractivity contribution in [2.75, 3.05) is 18.6 Å². The van der Waals surface area contributed by atoms with Crippen molar-refractivity contribution in [1.29, 1.82) is 0 Å². The number of rotatable bonds is 6. The maximum absolute atomic E-state index is 13.1. The third kappa shape index (κ3) is 4.41. The van der Waals surface area contributed by atoms with Crippen LogP contribution in [0.3, 0.4) is 0 Å². The van der Waals surface area contributed by atoms with E-state index in [4.69, 9.17) is 4.74 Å². The fourth-order valence-corrected chi connectivity index (χ4v) is 5.21. The highest BCUT2D eigenvalue weighted by Crippen LogP contribution is 2.46. The minimum atomic E-state index is -0.405. The monoisotopic (exact) mass is 461 g/mol. The first-order chi connectivity index (χ1) is 16.1. The maximum atomic E-state index is 13.1. The first kappa shape index (κ1) is 23.9. The number of amides is 3. The lowest BCUT2D eigenvalue weighted by Gasteiger charge is -2.47. The summed E-state index contributed by atoms with van der Waals surface area (Å²) >= 11 is 0. The van der Waals surface area contributed by atoms with Gasteiger partial charge in [-0.3, -0.25) is 9.69 Å². The van der Waals surface area contributed by atoms with E-state index in [2.05, 4.69) is 50.0 Å². The van der Waals surface area contributed by atoms with Gasteiger partial charge in [-0.05, 0) is 62.8 Å². The van der Waals surface area contributed by atoms with Gasteiger partial charge in [-0.1, -0.05) is 43.7 Å². The van der Waals surface area contributed by atoms with Gasteiger partial charge in [-0.25, -0.2) is 4.79 Å². The summed E-state index contributed by atoms with van der Waals surface area (Å²) in [6.45, 7) is 12.2. The number of carbonyl (C=O) groups is 2. The number of hydrogen-bond acceptors (Lipinski definition) is 4. The second-order valence-electron chi connectivity index (χ2n) is 10.1. The molecule has 1 fully saturated rings. The molecule has 2 heterocycles. The van der Waals surface area contributed by atoms with Crippen molar-refractivity contribution in [3.05, 3.63) is 64.3 Å². The zero-order chi connectivity index (χ0) is 24.6. The van der Waals surface area contributed by atoms with E-state index in [1.165, 1.54) is 16.2 Å². The Balaban J connectivity index is 1.68. The van der Waals surface area contributed by atoms with E-state index >= 15 is 0 Å². The number of hydrogen-bond donors (Lipinski definition) is 1. The van der Waals surface area contributed by atoms with Crippen LogP contribution in [0.5, 0.6) is 5.75 Å². The number of benzene rings is 2. The molecule has 1 atom stereocenters. The Kier molecular flexibility index (Phi) is 6.43. The number of anilines is 1. The quantitative estimate of drug-likeness (QED) is 0.449. The zero-order valence-corrected chi connectivity index (χ0v) is 21.1. The molecule has 180 valence electrons.